The molecular weight excluding hydrogens is 200 g/mol. The van der Waals surface area contributed by atoms with Gasteiger partial charge in [-0.2, -0.15) is 0 Å². The lowest BCUT2D eigenvalue weighted by Gasteiger charge is -2.25. The molecule has 0 bridgehead atoms. The summed E-state index contributed by atoms with van der Waals surface area (Å²) in [5, 5.41) is 0. The quantitative estimate of drug-likeness (QED) is 0.837. The lowest BCUT2D eigenvalue weighted by Crippen LogP contribution is -2.37. The maximum Gasteiger partial charge on any atom is 0.144 e. The highest BCUT2D eigenvalue weighted by Gasteiger charge is 2.38. The maximum absolute atomic E-state index is 12.3. The summed E-state index contributed by atoms with van der Waals surface area (Å²) in [6.45, 7) is 0.497. The number of nitrogens with zero attached hydrogens (tertiary/aromatic N) is 1. The van der Waals surface area contributed by atoms with Crippen LogP contribution < -0.4 is 5.73 Å². The van der Waals surface area contributed by atoms with Crippen molar-refractivity contribution in [2.75, 3.05) is 6.54 Å². The maximum atomic E-state index is 12.3. The molecule has 1 aliphatic carbocycles. The highest BCUT2D eigenvalue weighted by atomic mass is 16.1. The SMILES string of the molecule is NCC1(C(=O)Cc2ccncc2)CCCC1. The molecule has 2 rings (SSSR count). The molecule has 0 saturated heterocycles. The zero-order valence-electron chi connectivity index (χ0n) is 9.48. The molecule has 3 nitrogen and oxygen atoms in total. The molecule has 16 heavy (non-hydrogen) atoms. The van der Waals surface area contributed by atoms with Crippen molar-refractivity contribution in [3.8, 4) is 0 Å². The van der Waals surface area contributed by atoms with E-state index in [0.29, 0.717) is 18.7 Å². The summed E-state index contributed by atoms with van der Waals surface area (Å²) < 4.78 is 0. The first-order valence-corrected chi connectivity index (χ1v) is 5.89. The van der Waals surface area contributed by atoms with Crippen LogP contribution in [0.2, 0.25) is 0 Å². The van der Waals surface area contributed by atoms with E-state index in [1.54, 1.807) is 12.4 Å². The topological polar surface area (TPSA) is 56.0 Å². The molecule has 1 heterocycles. The number of hydrogen-bond acceptors (Lipinski definition) is 3. The van der Waals surface area contributed by atoms with Gasteiger partial charge < -0.3 is 5.73 Å². The van der Waals surface area contributed by atoms with Gasteiger partial charge in [0.1, 0.15) is 5.78 Å². The number of carbonyl (C=O) groups excluding carboxylic acids is 1. The van der Waals surface area contributed by atoms with Crippen LogP contribution in [-0.2, 0) is 11.2 Å². The van der Waals surface area contributed by atoms with E-state index in [0.717, 1.165) is 31.2 Å². The molecule has 0 spiro atoms. The Morgan fingerprint density at radius 3 is 2.50 bits per heavy atom. The number of Topliss-reactive ketones (excluding diaryl/α,β-unsaturated/α-hetero) is 1. The van der Waals surface area contributed by atoms with Gasteiger partial charge in [0.25, 0.3) is 0 Å². The lowest BCUT2D eigenvalue weighted by atomic mass is 9.79. The Morgan fingerprint density at radius 2 is 1.94 bits per heavy atom. The number of ketones is 1. The normalized spacial score (nSPS) is 18.6. The highest BCUT2D eigenvalue weighted by molar-refractivity contribution is 5.87. The Hall–Kier alpha value is -1.22. The molecular formula is C13H18N2O. The molecule has 1 aliphatic rings. The third-order valence-corrected chi connectivity index (χ3v) is 3.66. The van der Waals surface area contributed by atoms with Gasteiger partial charge in [-0.25, -0.2) is 0 Å². The molecule has 1 fully saturated rings. The Morgan fingerprint density at radius 1 is 1.31 bits per heavy atom. The highest BCUT2D eigenvalue weighted by Crippen LogP contribution is 2.38. The molecule has 0 atom stereocenters. The van der Waals surface area contributed by atoms with E-state index in [9.17, 15) is 4.79 Å². The predicted octanol–water partition coefficient (Wildman–Crippen LogP) is 1.71. The molecule has 0 unspecified atom stereocenters. The zero-order chi connectivity index (χ0) is 11.4. The summed E-state index contributed by atoms with van der Waals surface area (Å²) in [6.07, 6.45) is 8.16. The van der Waals surface area contributed by atoms with Gasteiger partial charge in [-0.15, -0.1) is 0 Å². The van der Waals surface area contributed by atoms with Crippen molar-refractivity contribution in [1.29, 1.82) is 0 Å². The van der Waals surface area contributed by atoms with E-state index in [4.69, 9.17) is 5.73 Å². The lowest BCUT2D eigenvalue weighted by molar-refractivity contribution is -0.127. The van der Waals surface area contributed by atoms with Gasteiger partial charge in [0, 0.05) is 30.8 Å². The Balaban J connectivity index is 2.07. The van der Waals surface area contributed by atoms with Gasteiger partial charge in [0.2, 0.25) is 0 Å². The van der Waals surface area contributed by atoms with Crippen LogP contribution in [-0.4, -0.2) is 17.3 Å². The molecule has 0 aliphatic heterocycles. The van der Waals surface area contributed by atoms with Crippen LogP contribution in [0.15, 0.2) is 24.5 Å². The van der Waals surface area contributed by atoms with Crippen LogP contribution in [0.3, 0.4) is 0 Å². The molecule has 0 amide bonds. The Kier molecular flexibility index (Phi) is 3.34. The summed E-state index contributed by atoms with van der Waals surface area (Å²) in [7, 11) is 0. The van der Waals surface area contributed by atoms with Gasteiger partial charge in [0.15, 0.2) is 0 Å². The average Bonchev–Trinajstić information content (AvgIpc) is 2.80. The summed E-state index contributed by atoms with van der Waals surface area (Å²) in [5.74, 6) is 0.304. The molecule has 0 radical (unpaired) electrons. The van der Waals surface area contributed by atoms with Crippen molar-refractivity contribution in [2.45, 2.75) is 32.1 Å². The molecule has 86 valence electrons. The summed E-state index contributed by atoms with van der Waals surface area (Å²) in [5.41, 5.74) is 6.60. The van der Waals surface area contributed by atoms with Gasteiger partial charge in [-0.1, -0.05) is 12.8 Å². The number of aromatic nitrogens is 1. The van der Waals surface area contributed by atoms with Crippen LogP contribution in [0.25, 0.3) is 0 Å². The van der Waals surface area contributed by atoms with Crippen molar-refractivity contribution >= 4 is 5.78 Å². The number of pyridine rings is 1. The Bertz CT molecular complexity index is 355. The second-order valence-electron chi connectivity index (χ2n) is 4.65. The standard InChI is InChI=1S/C13H18N2O/c14-10-13(5-1-2-6-13)12(16)9-11-3-7-15-8-4-11/h3-4,7-8H,1-2,5-6,9-10,14H2. The van der Waals surface area contributed by atoms with Crippen LogP contribution >= 0.6 is 0 Å². The average molecular weight is 218 g/mol. The van der Waals surface area contributed by atoms with Gasteiger partial charge in [-0.05, 0) is 30.5 Å². The number of hydrogen-bond donors (Lipinski definition) is 1. The van der Waals surface area contributed by atoms with E-state index in [1.807, 2.05) is 12.1 Å². The van der Waals surface area contributed by atoms with Gasteiger partial charge in [0.05, 0.1) is 0 Å². The van der Waals surface area contributed by atoms with Gasteiger partial charge in [-0.3, -0.25) is 9.78 Å². The van der Waals surface area contributed by atoms with E-state index in [-0.39, 0.29) is 5.41 Å². The third-order valence-electron chi connectivity index (χ3n) is 3.66. The summed E-state index contributed by atoms with van der Waals surface area (Å²) >= 11 is 0. The minimum absolute atomic E-state index is 0.233. The van der Waals surface area contributed by atoms with Gasteiger partial charge >= 0.3 is 0 Å². The summed E-state index contributed by atoms with van der Waals surface area (Å²) in [6, 6.07) is 3.80. The first-order chi connectivity index (χ1) is 7.77. The second-order valence-corrected chi connectivity index (χ2v) is 4.65. The van der Waals surface area contributed by atoms with E-state index in [1.165, 1.54) is 0 Å². The Labute approximate surface area is 96.1 Å². The fourth-order valence-electron chi connectivity index (χ4n) is 2.52. The fourth-order valence-corrected chi connectivity index (χ4v) is 2.52. The molecule has 2 N–H and O–H groups in total. The minimum atomic E-state index is -0.233. The van der Waals surface area contributed by atoms with Crippen molar-refractivity contribution in [3.05, 3.63) is 30.1 Å². The fraction of sp³-hybridized carbons (Fsp3) is 0.538. The van der Waals surface area contributed by atoms with Crippen LogP contribution in [0.4, 0.5) is 0 Å². The van der Waals surface area contributed by atoms with Crippen LogP contribution in [0.1, 0.15) is 31.2 Å². The van der Waals surface area contributed by atoms with Crippen LogP contribution in [0.5, 0.6) is 0 Å². The van der Waals surface area contributed by atoms with E-state index in [2.05, 4.69) is 4.98 Å². The second kappa shape index (κ2) is 4.74. The number of rotatable bonds is 4. The first-order valence-electron chi connectivity index (χ1n) is 5.89. The van der Waals surface area contributed by atoms with Crippen molar-refractivity contribution in [2.24, 2.45) is 11.1 Å². The van der Waals surface area contributed by atoms with E-state index < -0.39 is 0 Å². The molecule has 1 aromatic heterocycles. The van der Waals surface area contributed by atoms with E-state index >= 15 is 0 Å². The van der Waals surface area contributed by atoms with Crippen LogP contribution in [0, 0.1) is 5.41 Å². The zero-order valence-corrected chi connectivity index (χ0v) is 9.48. The molecule has 1 saturated carbocycles. The monoisotopic (exact) mass is 218 g/mol. The molecule has 3 heteroatoms. The van der Waals surface area contributed by atoms with Crippen molar-refractivity contribution < 1.29 is 4.79 Å². The minimum Gasteiger partial charge on any atom is -0.329 e. The molecule has 1 aromatic rings. The molecule has 0 aromatic carbocycles. The smallest absolute Gasteiger partial charge is 0.144 e. The first kappa shape index (κ1) is 11.3. The van der Waals surface area contributed by atoms with Crippen molar-refractivity contribution in [3.63, 3.8) is 0 Å². The number of nitrogens with two attached hydrogens (primary N) is 1. The predicted molar refractivity (Wildman–Crippen MR) is 62.9 cm³/mol. The summed E-state index contributed by atoms with van der Waals surface area (Å²) in [4.78, 5) is 16.2. The number of carbonyl (C=O) groups is 1. The largest absolute Gasteiger partial charge is 0.329 e. The third kappa shape index (κ3) is 2.14. The van der Waals surface area contributed by atoms with Crippen molar-refractivity contribution in [1.82, 2.24) is 4.98 Å².